The molecule has 0 aliphatic carbocycles. The van der Waals surface area contributed by atoms with Crippen LogP contribution in [-0.2, 0) is 4.74 Å². The fraction of sp³-hybridized carbons (Fsp3) is 0.462. The first kappa shape index (κ1) is 13.5. The number of nitrogens with zero attached hydrogens (tertiary/aromatic N) is 1. The largest absolute Gasteiger partial charge is 0.478 e. The first-order chi connectivity index (χ1) is 7.97. The lowest BCUT2D eigenvalue weighted by Crippen LogP contribution is -2.33. The van der Waals surface area contributed by atoms with Crippen LogP contribution in [-0.4, -0.2) is 37.9 Å². The number of benzene rings is 1. The van der Waals surface area contributed by atoms with E-state index in [2.05, 4.69) is 0 Å². The minimum atomic E-state index is -0.903. The maximum atomic E-state index is 11.2. The van der Waals surface area contributed by atoms with Crippen molar-refractivity contribution in [3.05, 3.63) is 29.3 Å². The van der Waals surface area contributed by atoms with Gasteiger partial charge in [-0.15, -0.1) is 0 Å². The number of hydrogen-bond donors (Lipinski definition) is 1. The minimum absolute atomic E-state index is 0.126. The van der Waals surface area contributed by atoms with E-state index in [0.29, 0.717) is 17.9 Å². The van der Waals surface area contributed by atoms with Crippen LogP contribution in [0.15, 0.2) is 18.2 Å². The molecule has 4 nitrogen and oxygen atoms in total. The van der Waals surface area contributed by atoms with Gasteiger partial charge in [-0.3, -0.25) is 0 Å². The molecular formula is C13H19NO3. The van der Waals surface area contributed by atoms with Crippen LogP contribution < -0.4 is 4.90 Å². The van der Waals surface area contributed by atoms with Crippen LogP contribution in [0.2, 0.25) is 0 Å². The number of aryl methyl sites for hydroxylation is 1. The second kappa shape index (κ2) is 5.68. The lowest BCUT2D eigenvalue weighted by molar-refractivity contribution is 0.0697. The van der Waals surface area contributed by atoms with Crippen LogP contribution in [0.3, 0.4) is 0 Å². The van der Waals surface area contributed by atoms with Crippen molar-refractivity contribution < 1.29 is 14.6 Å². The van der Waals surface area contributed by atoms with Gasteiger partial charge < -0.3 is 14.7 Å². The van der Waals surface area contributed by atoms with Gasteiger partial charge in [-0.2, -0.15) is 0 Å². The SMILES string of the molecule is COCC(C)N(C)c1ccc(C)cc1C(=O)O. The summed E-state index contributed by atoms with van der Waals surface area (Å²) in [5.74, 6) is -0.903. The molecular weight excluding hydrogens is 218 g/mol. The van der Waals surface area contributed by atoms with Crippen molar-refractivity contribution in [2.24, 2.45) is 0 Å². The predicted octanol–water partition coefficient (Wildman–Crippen LogP) is 2.16. The van der Waals surface area contributed by atoms with Gasteiger partial charge in [0.25, 0.3) is 0 Å². The van der Waals surface area contributed by atoms with Crippen LogP contribution in [0, 0.1) is 6.92 Å². The van der Waals surface area contributed by atoms with Gasteiger partial charge in [0.15, 0.2) is 0 Å². The molecule has 1 N–H and O–H groups in total. The highest BCUT2D eigenvalue weighted by molar-refractivity contribution is 5.94. The number of methoxy groups -OCH3 is 1. The van der Waals surface area contributed by atoms with Gasteiger partial charge in [-0.1, -0.05) is 11.6 Å². The number of likely N-dealkylation sites (N-methyl/N-ethyl adjacent to an activating group) is 1. The summed E-state index contributed by atoms with van der Waals surface area (Å²) in [4.78, 5) is 13.1. The number of ether oxygens (including phenoxy) is 1. The molecule has 0 spiro atoms. The third kappa shape index (κ3) is 3.20. The van der Waals surface area contributed by atoms with E-state index in [-0.39, 0.29) is 6.04 Å². The standard InChI is InChI=1S/C13H19NO3/c1-9-5-6-12(11(7-9)13(15)16)14(3)10(2)8-17-4/h5-7,10H,8H2,1-4H3,(H,15,16). The number of rotatable bonds is 5. The molecule has 0 radical (unpaired) electrons. The Morgan fingerprint density at radius 2 is 2.18 bits per heavy atom. The quantitative estimate of drug-likeness (QED) is 0.852. The Balaban J connectivity index is 3.08. The molecule has 4 heteroatoms. The Bertz CT molecular complexity index is 404. The summed E-state index contributed by atoms with van der Waals surface area (Å²) in [6.45, 7) is 4.44. The van der Waals surface area contributed by atoms with Gasteiger partial charge in [0.1, 0.15) is 0 Å². The molecule has 0 saturated carbocycles. The van der Waals surface area contributed by atoms with Crippen molar-refractivity contribution in [2.45, 2.75) is 19.9 Å². The lowest BCUT2D eigenvalue weighted by atomic mass is 10.1. The minimum Gasteiger partial charge on any atom is -0.478 e. The fourth-order valence-electron chi connectivity index (χ4n) is 1.72. The predicted molar refractivity (Wildman–Crippen MR) is 67.9 cm³/mol. The topological polar surface area (TPSA) is 49.8 Å². The number of aromatic carboxylic acids is 1. The van der Waals surface area contributed by atoms with E-state index in [1.165, 1.54) is 0 Å². The second-order valence-corrected chi connectivity index (χ2v) is 4.24. The lowest BCUT2D eigenvalue weighted by Gasteiger charge is -2.27. The second-order valence-electron chi connectivity index (χ2n) is 4.24. The molecule has 1 aromatic rings. The molecule has 0 fully saturated rings. The van der Waals surface area contributed by atoms with Crippen molar-refractivity contribution in [3.63, 3.8) is 0 Å². The summed E-state index contributed by atoms with van der Waals surface area (Å²) < 4.78 is 5.08. The van der Waals surface area contributed by atoms with Crippen LogP contribution in [0.5, 0.6) is 0 Å². The molecule has 0 saturated heterocycles. The Morgan fingerprint density at radius 1 is 1.53 bits per heavy atom. The molecule has 1 rings (SSSR count). The molecule has 0 aromatic heterocycles. The molecule has 0 aliphatic rings. The van der Waals surface area contributed by atoms with E-state index in [0.717, 1.165) is 5.56 Å². The molecule has 17 heavy (non-hydrogen) atoms. The third-order valence-corrected chi connectivity index (χ3v) is 2.83. The van der Waals surface area contributed by atoms with E-state index in [1.807, 2.05) is 37.9 Å². The summed E-state index contributed by atoms with van der Waals surface area (Å²) >= 11 is 0. The normalized spacial score (nSPS) is 12.2. The van der Waals surface area contributed by atoms with Crippen LogP contribution in [0.4, 0.5) is 5.69 Å². The van der Waals surface area contributed by atoms with Crippen molar-refractivity contribution in [1.29, 1.82) is 0 Å². The molecule has 0 bridgehead atoms. The first-order valence-corrected chi connectivity index (χ1v) is 5.53. The van der Waals surface area contributed by atoms with E-state index in [1.54, 1.807) is 13.2 Å². The summed E-state index contributed by atoms with van der Waals surface area (Å²) in [5, 5.41) is 9.19. The van der Waals surface area contributed by atoms with Crippen molar-refractivity contribution in [1.82, 2.24) is 0 Å². The number of carboxylic acids is 1. The summed E-state index contributed by atoms with van der Waals surface area (Å²) in [7, 11) is 3.51. The molecule has 1 aromatic carbocycles. The van der Waals surface area contributed by atoms with Gasteiger partial charge >= 0.3 is 5.97 Å². The first-order valence-electron chi connectivity index (χ1n) is 5.53. The van der Waals surface area contributed by atoms with E-state index < -0.39 is 5.97 Å². The average Bonchev–Trinajstić information content (AvgIpc) is 2.28. The third-order valence-electron chi connectivity index (χ3n) is 2.83. The van der Waals surface area contributed by atoms with E-state index in [4.69, 9.17) is 4.74 Å². The summed E-state index contributed by atoms with van der Waals surface area (Å²) in [6, 6.07) is 5.57. The molecule has 0 amide bonds. The van der Waals surface area contributed by atoms with Gasteiger partial charge in [0, 0.05) is 20.2 Å². The molecule has 1 unspecified atom stereocenters. The molecule has 0 heterocycles. The fourth-order valence-corrected chi connectivity index (χ4v) is 1.72. The molecule has 94 valence electrons. The number of anilines is 1. The van der Waals surface area contributed by atoms with Gasteiger partial charge in [0.05, 0.1) is 17.9 Å². The number of carbonyl (C=O) groups is 1. The Labute approximate surface area is 102 Å². The van der Waals surface area contributed by atoms with Gasteiger partial charge in [-0.05, 0) is 26.0 Å². The maximum absolute atomic E-state index is 11.2. The van der Waals surface area contributed by atoms with Crippen LogP contribution >= 0.6 is 0 Å². The van der Waals surface area contributed by atoms with E-state index in [9.17, 15) is 9.90 Å². The number of carboxylic acid groups (broad SMARTS) is 1. The van der Waals surface area contributed by atoms with Crippen LogP contribution in [0.25, 0.3) is 0 Å². The highest BCUT2D eigenvalue weighted by Crippen LogP contribution is 2.22. The maximum Gasteiger partial charge on any atom is 0.337 e. The number of hydrogen-bond acceptors (Lipinski definition) is 3. The average molecular weight is 237 g/mol. The Kier molecular flexibility index (Phi) is 4.52. The highest BCUT2D eigenvalue weighted by atomic mass is 16.5. The summed E-state index contributed by atoms with van der Waals surface area (Å²) in [6.07, 6.45) is 0. The zero-order valence-electron chi connectivity index (χ0n) is 10.7. The van der Waals surface area contributed by atoms with Crippen molar-refractivity contribution in [2.75, 3.05) is 25.7 Å². The van der Waals surface area contributed by atoms with Gasteiger partial charge in [-0.25, -0.2) is 4.79 Å². The molecule has 0 aliphatic heterocycles. The Morgan fingerprint density at radius 3 is 2.71 bits per heavy atom. The molecule has 1 atom stereocenters. The van der Waals surface area contributed by atoms with E-state index >= 15 is 0 Å². The summed E-state index contributed by atoms with van der Waals surface area (Å²) in [5.41, 5.74) is 1.99. The monoisotopic (exact) mass is 237 g/mol. The zero-order valence-corrected chi connectivity index (χ0v) is 10.7. The Hall–Kier alpha value is -1.55. The smallest absolute Gasteiger partial charge is 0.337 e. The zero-order chi connectivity index (χ0) is 13.0. The van der Waals surface area contributed by atoms with Crippen molar-refractivity contribution >= 4 is 11.7 Å². The van der Waals surface area contributed by atoms with Crippen LogP contribution in [0.1, 0.15) is 22.8 Å². The highest BCUT2D eigenvalue weighted by Gasteiger charge is 2.17. The van der Waals surface area contributed by atoms with Gasteiger partial charge in [0.2, 0.25) is 0 Å². The van der Waals surface area contributed by atoms with Crippen molar-refractivity contribution in [3.8, 4) is 0 Å².